The average molecular weight is 306 g/mol. The number of benzene rings is 1. The lowest BCUT2D eigenvalue weighted by Gasteiger charge is -2.28. The van der Waals surface area contributed by atoms with Crippen LogP contribution in [0.5, 0.6) is 0 Å². The molecule has 1 fully saturated rings. The van der Waals surface area contributed by atoms with Crippen molar-refractivity contribution >= 4 is 11.6 Å². The van der Waals surface area contributed by atoms with Crippen LogP contribution >= 0.6 is 11.6 Å². The first-order chi connectivity index (χ1) is 10.2. The van der Waals surface area contributed by atoms with E-state index in [4.69, 9.17) is 11.6 Å². The summed E-state index contributed by atoms with van der Waals surface area (Å²) in [5.74, 6) is 0. The first kappa shape index (κ1) is 13.0. The summed E-state index contributed by atoms with van der Waals surface area (Å²) in [6.07, 6.45) is 3.52. The summed E-state index contributed by atoms with van der Waals surface area (Å²) in [6, 6.07) is 9.10. The highest BCUT2D eigenvalue weighted by molar-refractivity contribution is 6.20. The van der Waals surface area contributed by atoms with E-state index in [1.54, 1.807) is 21.5 Å². The predicted molar refractivity (Wildman–Crippen MR) is 80.5 cm³/mol. The van der Waals surface area contributed by atoms with E-state index >= 15 is 0 Å². The van der Waals surface area contributed by atoms with Crippen LogP contribution in [0.4, 0.5) is 0 Å². The molecule has 0 N–H and O–H groups in total. The fourth-order valence-electron chi connectivity index (χ4n) is 3.66. The quantitative estimate of drug-likeness (QED) is 0.757. The molecule has 3 atom stereocenters. The molecule has 0 spiro atoms. The Kier molecular flexibility index (Phi) is 2.85. The molecule has 3 heterocycles. The van der Waals surface area contributed by atoms with Gasteiger partial charge in [-0.1, -0.05) is 18.2 Å². The maximum Gasteiger partial charge on any atom is 0.352 e. The molecule has 0 saturated heterocycles. The van der Waals surface area contributed by atoms with E-state index < -0.39 is 0 Å². The zero-order chi connectivity index (χ0) is 14.6. The van der Waals surface area contributed by atoms with E-state index in [-0.39, 0.29) is 28.8 Å². The molecule has 5 nitrogen and oxygen atoms in total. The second-order valence-electron chi connectivity index (χ2n) is 5.82. The van der Waals surface area contributed by atoms with Crippen molar-refractivity contribution < 1.29 is 0 Å². The number of rotatable bonds is 1. The van der Waals surface area contributed by atoms with Crippen LogP contribution < -0.4 is 11.4 Å². The van der Waals surface area contributed by atoms with Crippen molar-refractivity contribution in [3.63, 3.8) is 0 Å². The van der Waals surface area contributed by atoms with Gasteiger partial charge in [0.05, 0.1) is 23.1 Å². The largest absolute Gasteiger partial charge is 0.352 e. The number of nitrogens with zero attached hydrogens (tertiary/aromatic N) is 3. The summed E-state index contributed by atoms with van der Waals surface area (Å²) in [5, 5.41) is -0.0764. The van der Waals surface area contributed by atoms with Gasteiger partial charge < -0.3 is 0 Å². The fraction of sp³-hybridized carbons (Fsp3) is 0.467. The van der Waals surface area contributed by atoms with Gasteiger partial charge in [0.2, 0.25) is 0 Å². The molecule has 2 aliphatic heterocycles. The van der Waals surface area contributed by atoms with Crippen LogP contribution in [0.15, 0.2) is 39.9 Å². The van der Waals surface area contributed by atoms with Gasteiger partial charge in [-0.05, 0) is 37.8 Å². The Labute approximate surface area is 126 Å². The molecule has 5 rings (SSSR count). The Morgan fingerprint density at radius 1 is 0.905 bits per heavy atom. The normalized spacial score (nSPS) is 27.4. The Hall–Kier alpha value is -1.75. The smallest absolute Gasteiger partial charge is 0.245 e. The molecule has 3 aliphatic rings. The topological polar surface area (TPSA) is 48.9 Å². The van der Waals surface area contributed by atoms with Crippen molar-refractivity contribution in [2.45, 2.75) is 43.1 Å². The number of alkyl halides is 1. The summed E-state index contributed by atoms with van der Waals surface area (Å²) >= 11 is 6.44. The molecular formula is C15H16ClN3O2. The summed E-state index contributed by atoms with van der Waals surface area (Å²) < 4.78 is 4.51. The summed E-state index contributed by atoms with van der Waals surface area (Å²) in [5.41, 5.74) is 0.103. The highest BCUT2D eigenvalue weighted by atomic mass is 35.5. The number of hydrogen-bond acceptors (Lipinski definition) is 2. The molecule has 110 valence electrons. The van der Waals surface area contributed by atoms with Gasteiger partial charge in [-0.3, -0.25) is 0 Å². The minimum Gasteiger partial charge on any atom is -0.245 e. The van der Waals surface area contributed by atoms with Gasteiger partial charge in [0.25, 0.3) is 0 Å². The molecule has 1 saturated carbocycles. The molecule has 1 aromatic heterocycles. The van der Waals surface area contributed by atoms with Crippen LogP contribution in [-0.4, -0.2) is 19.3 Å². The van der Waals surface area contributed by atoms with E-state index in [9.17, 15) is 9.59 Å². The Balaban J connectivity index is 2.01. The zero-order valence-electron chi connectivity index (χ0n) is 11.5. The molecule has 0 radical (unpaired) electrons. The summed E-state index contributed by atoms with van der Waals surface area (Å²) in [7, 11) is 0. The SMILES string of the molecule is O=c1n(-c2ccccc2)c(=O)n2n1[C@@H]1CC[C@H](Cl)[C@@H]2CC1. The maximum atomic E-state index is 12.8. The van der Waals surface area contributed by atoms with Gasteiger partial charge in [-0.15, -0.1) is 11.6 Å². The Morgan fingerprint density at radius 2 is 1.57 bits per heavy atom. The summed E-state index contributed by atoms with van der Waals surface area (Å²) in [6.45, 7) is 0. The maximum absolute atomic E-state index is 12.8. The Bertz CT molecular complexity index is 789. The van der Waals surface area contributed by atoms with E-state index in [0.717, 1.165) is 25.7 Å². The molecule has 2 aromatic rings. The molecular weight excluding hydrogens is 290 g/mol. The average Bonchev–Trinajstić information content (AvgIpc) is 2.64. The molecule has 1 aliphatic carbocycles. The monoisotopic (exact) mass is 305 g/mol. The molecule has 0 unspecified atom stereocenters. The van der Waals surface area contributed by atoms with E-state index in [1.807, 2.05) is 18.2 Å². The van der Waals surface area contributed by atoms with Gasteiger partial charge in [0.15, 0.2) is 0 Å². The second-order valence-corrected chi connectivity index (χ2v) is 6.38. The lowest BCUT2D eigenvalue weighted by atomic mass is 10.1. The van der Waals surface area contributed by atoms with E-state index in [0.29, 0.717) is 5.69 Å². The summed E-state index contributed by atoms with van der Waals surface area (Å²) in [4.78, 5) is 25.5. The van der Waals surface area contributed by atoms with Crippen LogP contribution in [-0.2, 0) is 0 Å². The standard InChI is InChI=1S/C15H16ClN3O2/c16-12-8-6-11-7-9-13(12)19-15(21)17(14(20)18(11)19)10-4-2-1-3-5-10/h1-5,11-13H,6-9H2/t11-,12+,13+/m1/s1. The lowest BCUT2D eigenvalue weighted by Crippen LogP contribution is -2.37. The lowest BCUT2D eigenvalue weighted by molar-refractivity contribution is 0.242. The highest BCUT2D eigenvalue weighted by Gasteiger charge is 2.39. The van der Waals surface area contributed by atoms with Gasteiger partial charge in [-0.2, -0.15) is 0 Å². The van der Waals surface area contributed by atoms with Gasteiger partial charge in [0, 0.05) is 0 Å². The molecule has 2 bridgehead atoms. The number of aromatic nitrogens is 3. The van der Waals surface area contributed by atoms with Gasteiger partial charge >= 0.3 is 11.4 Å². The highest BCUT2D eigenvalue weighted by Crippen LogP contribution is 2.39. The van der Waals surface area contributed by atoms with Crippen molar-refractivity contribution in [1.29, 1.82) is 0 Å². The van der Waals surface area contributed by atoms with Crippen LogP contribution in [0.3, 0.4) is 0 Å². The van der Waals surface area contributed by atoms with Gasteiger partial charge in [-0.25, -0.2) is 23.5 Å². The molecule has 1 aromatic carbocycles. The van der Waals surface area contributed by atoms with Crippen molar-refractivity contribution in [2.24, 2.45) is 0 Å². The third-order valence-corrected chi connectivity index (χ3v) is 5.18. The van der Waals surface area contributed by atoms with Crippen LogP contribution in [0.25, 0.3) is 5.69 Å². The molecule has 0 amide bonds. The number of para-hydroxylation sites is 1. The van der Waals surface area contributed by atoms with Crippen LogP contribution in [0.1, 0.15) is 37.8 Å². The van der Waals surface area contributed by atoms with Crippen molar-refractivity contribution in [3.05, 3.63) is 51.3 Å². The minimum absolute atomic E-state index is 0.0735. The van der Waals surface area contributed by atoms with Crippen molar-refractivity contribution in [1.82, 2.24) is 13.9 Å². The van der Waals surface area contributed by atoms with E-state index in [2.05, 4.69) is 0 Å². The van der Waals surface area contributed by atoms with E-state index in [1.165, 1.54) is 4.57 Å². The third-order valence-electron chi connectivity index (χ3n) is 4.67. The first-order valence-corrected chi connectivity index (χ1v) is 7.77. The minimum atomic E-state index is -0.270. The predicted octanol–water partition coefficient (Wildman–Crippen LogP) is 2.08. The Morgan fingerprint density at radius 3 is 2.33 bits per heavy atom. The fourth-order valence-corrected chi connectivity index (χ4v) is 4.01. The van der Waals surface area contributed by atoms with Gasteiger partial charge in [0.1, 0.15) is 0 Å². The first-order valence-electron chi connectivity index (χ1n) is 7.34. The zero-order valence-corrected chi connectivity index (χ0v) is 12.2. The number of fused-ring (bicyclic) bond motifs is 3. The number of halogens is 1. The van der Waals surface area contributed by atoms with Crippen LogP contribution in [0.2, 0.25) is 0 Å². The number of hydrogen-bond donors (Lipinski definition) is 0. The van der Waals surface area contributed by atoms with Crippen molar-refractivity contribution in [2.75, 3.05) is 0 Å². The second kappa shape index (κ2) is 4.63. The third kappa shape index (κ3) is 1.77. The van der Waals surface area contributed by atoms with Crippen molar-refractivity contribution in [3.8, 4) is 5.69 Å². The van der Waals surface area contributed by atoms with Crippen LogP contribution in [0, 0.1) is 0 Å². The molecule has 6 heteroatoms. The molecule has 21 heavy (non-hydrogen) atoms.